The molecule has 0 radical (unpaired) electrons. The number of rotatable bonds is 8. The average Bonchev–Trinajstić information content (AvgIpc) is 3.62. The summed E-state index contributed by atoms with van der Waals surface area (Å²) < 4.78 is 0. The summed E-state index contributed by atoms with van der Waals surface area (Å²) in [7, 11) is 0. The minimum absolute atomic E-state index is 1.18. The summed E-state index contributed by atoms with van der Waals surface area (Å²) >= 11 is 0. The van der Waals surface area contributed by atoms with Crippen molar-refractivity contribution in [2.45, 2.75) is 0 Å². The lowest BCUT2D eigenvalue weighted by molar-refractivity contribution is 1.55. The van der Waals surface area contributed by atoms with Crippen molar-refractivity contribution < 1.29 is 0 Å². The molecule has 78 heavy (non-hydrogen) atoms. The van der Waals surface area contributed by atoms with Gasteiger partial charge in [0.1, 0.15) is 0 Å². The van der Waals surface area contributed by atoms with Gasteiger partial charge in [0.2, 0.25) is 0 Å². The number of fused-ring (bicyclic) bond motifs is 6. The number of hydrogen-bond acceptors (Lipinski definition) is 0. The number of benzene rings is 15. The van der Waals surface area contributed by atoms with Crippen LogP contribution in [-0.2, 0) is 0 Å². The lowest BCUT2D eigenvalue weighted by Gasteiger charge is -2.15. The fourth-order valence-corrected chi connectivity index (χ4v) is 12.3. The van der Waals surface area contributed by atoms with Crippen LogP contribution >= 0.6 is 0 Å². The highest BCUT2D eigenvalue weighted by Crippen LogP contribution is 2.42. The molecule has 0 nitrogen and oxygen atoms in total. The summed E-state index contributed by atoms with van der Waals surface area (Å²) in [4.78, 5) is 0. The molecule has 0 aliphatic carbocycles. The van der Waals surface area contributed by atoms with Crippen LogP contribution in [0.5, 0.6) is 0 Å². The van der Waals surface area contributed by atoms with E-state index in [9.17, 15) is 0 Å². The zero-order valence-electron chi connectivity index (χ0n) is 42.9. The van der Waals surface area contributed by atoms with Gasteiger partial charge in [-0.05, 0) is 190 Å². The Morgan fingerprint density at radius 3 is 0.462 bits per heavy atom. The minimum Gasteiger partial charge on any atom is -0.0616 e. The molecule has 15 aromatic rings. The molecule has 0 fully saturated rings. The van der Waals surface area contributed by atoms with Crippen LogP contribution in [0.1, 0.15) is 0 Å². The van der Waals surface area contributed by atoms with Crippen molar-refractivity contribution in [1.82, 2.24) is 0 Å². The van der Waals surface area contributed by atoms with Gasteiger partial charge in [-0.1, -0.05) is 267 Å². The van der Waals surface area contributed by atoms with Crippen molar-refractivity contribution in [3.8, 4) is 89.0 Å². The van der Waals surface area contributed by atoms with Gasteiger partial charge in [0.25, 0.3) is 0 Å². The zero-order valence-corrected chi connectivity index (χ0v) is 42.9. The van der Waals surface area contributed by atoms with Crippen molar-refractivity contribution in [2.24, 2.45) is 0 Å². The summed E-state index contributed by atoms with van der Waals surface area (Å²) in [6.45, 7) is 0. The van der Waals surface area contributed by atoms with E-state index >= 15 is 0 Å². The lowest BCUT2D eigenvalue weighted by atomic mass is 9.89. The van der Waals surface area contributed by atoms with E-state index in [1.165, 1.54) is 154 Å². The average molecular weight is 987 g/mol. The molecule has 0 amide bonds. The summed E-state index contributed by atoms with van der Waals surface area (Å²) in [6.07, 6.45) is 0. The van der Waals surface area contributed by atoms with Gasteiger partial charge >= 0.3 is 0 Å². The van der Waals surface area contributed by atoms with E-state index in [-0.39, 0.29) is 0 Å². The first kappa shape index (κ1) is 45.3. The Morgan fingerprint density at radius 1 is 0.115 bits per heavy atom. The summed E-state index contributed by atoms with van der Waals surface area (Å²) in [5, 5.41) is 15.2. The molecule has 0 saturated heterocycles. The predicted molar refractivity (Wildman–Crippen MR) is 335 cm³/mol. The van der Waals surface area contributed by atoms with E-state index < -0.39 is 0 Å². The van der Waals surface area contributed by atoms with Crippen molar-refractivity contribution in [1.29, 1.82) is 0 Å². The Balaban J connectivity index is 0.782. The third-order valence-corrected chi connectivity index (χ3v) is 16.2. The quantitative estimate of drug-likeness (QED) is 0.133. The van der Waals surface area contributed by atoms with E-state index in [4.69, 9.17) is 0 Å². The molecule has 0 aromatic heterocycles. The molecule has 0 spiro atoms. The van der Waals surface area contributed by atoms with E-state index in [1.54, 1.807) is 0 Å². The molecule has 0 aliphatic heterocycles. The van der Waals surface area contributed by atoms with Crippen LogP contribution in [-0.4, -0.2) is 0 Å². The van der Waals surface area contributed by atoms with Gasteiger partial charge in [0.05, 0.1) is 0 Å². The SMILES string of the molecule is c1ccc2c(-c3ccc(-c4ccc(-c5cc(-c6ccc(-c7ccc(-c8c9ccccc9cc9ccccc89)cc7)cc6)cc(-c6ccc(-c7c8ccccc8cc8ccccc78)cc6)c5)cc4)cc3)c3ccccc3cc2c1. The molecular weight excluding hydrogens is 937 g/mol. The van der Waals surface area contributed by atoms with Crippen LogP contribution in [0, 0.1) is 0 Å². The van der Waals surface area contributed by atoms with Crippen LogP contribution < -0.4 is 0 Å². The highest BCUT2D eigenvalue weighted by Gasteiger charge is 2.16. The van der Waals surface area contributed by atoms with Gasteiger partial charge in [0, 0.05) is 0 Å². The van der Waals surface area contributed by atoms with Gasteiger partial charge in [-0.2, -0.15) is 0 Å². The summed E-state index contributed by atoms with van der Waals surface area (Å²) in [5.74, 6) is 0. The van der Waals surface area contributed by atoms with Crippen molar-refractivity contribution in [2.75, 3.05) is 0 Å². The first-order chi connectivity index (χ1) is 38.6. The molecule has 15 rings (SSSR count). The molecule has 0 heterocycles. The molecule has 0 bridgehead atoms. The third-order valence-electron chi connectivity index (χ3n) is 16.2. The molecule has 0 unspecified atom stereocenters. The fourth-order valence-electron chi connectivity index (χ4n) is 12.3. The van der Waals surface area contributed by atoms with Gasteiger partial charge in [-0.25, -0.2) is 0 Å². The Kier molecular flexibility index (Phi) is 11.0. The molecule has 0 aliphatic rings. The standard InChI is InChI=1S/C78H50/c1-7-19-70-61(13-1)45-62-14-2-8-20-71(62)76(70)58-39-33-53(34-40-58)51-25-29-55(30-26-51)67-48-68(50-69(49-67)57-37-43-60(44-38-57)78-74-23-11-5-17-65(74)47-66-18-6-12-24-75(66)78)56-31-27-52(28-32-56)54-35-41-59(42-36-54)77-72-21-9-3-15-63(72)46-64-16-4-10-22-73(64)77/h1-50H. The second-order valence-electron chi connectivity index (χ2n) is 20.8. The highest BCUT2D eigenvalue weighted by molar-refractivity contribution is 6.15. The van der Waals surface area contributed by atoms with E-state index in [0.717, 1.165) is 0 Å². The number of hydrogen-bond donors (Lipinski definition) is 0. The maximum Gasteiger partial charge on any atom is -0.00268 e. The minimum atomic E-state index is 1.18. The highest BCUT2D eigenvalue weighted by atomic mass is 14.2. The molecule has 362 valence electrons. The van der Waals surface area contributed by atoms with Crippen molar-refractivity contribution in [3.63, 3.8) is 0 Å². The van der Waals surface area contributed by atoms with Crippen LogP contribution in [0.4, 0.5) is 0 Å². The van der Waals surface area contributed by atoms with Gasteiger partial charge < -0.3 is 0 Å². The van der Waals surface area contributed by atoms with Crippen LogP contribution in [0.15, 0.2) is 303 Å². The molecule has 0 atom stereocenters. The van der Waals surface area contributed by atoms with Gasteiger partial charge in [-0.3, -0.25) is 0 Å². The Labute approximate surface area is 454 Å². The van der Waals surface area contributed by atoms with Gasteiger partial charge in [0.15, 0.2) is 0 Å². The Hall–Kier alpha value is -10.1. The molecule has 0 heteroatoms. The summed E-state index contributed by atoms with van der Waals surface area (Å²) in [5.41, 5.74) is 19.3. The van der Waals surface area contributed by atoms with Gasteiger partial charge in [-0.15, -0.1) is 0 Å². The normalized spacial score (nSPS) is 11.6. The van der Waals surface area contributed by atoms with Crippen LogP contribution in [0.3, 0.4) is 0 Å². The maximum absolute atomic E-state index is 2.36. The van der Waals surface area contributed by atoms with Crippen molar-refractivity contribution >= 4 is 64.6 Å². The fraction of sp³-hybridized carbons (Fsp3) is 0. The predicted octanol–water partition coefficient (Wildman–Crippen LogP) is 21.9. The smallest absolute Gasteiger partial charge is 0.00268 e. The largest absolute Gasteiger partial charge is 0.0616 e. The molecular formula is C78H50. The van der Waals surface area contributed by atoms with Crippen LogP contribution in [0.2, 0.25) is 0 Å². The monoisotopic (exact) mass is 986 g/mol. The first-order valence-electron chi connectivity index (χ1n) is 27.0. The third kappa shape index (κ3) is 8.02. The van der Waals surface area contributed by atoms with Crippen molar-refractivity contribution in [3.05, 3.63) is 303 Å². The maximum atomic E-state index is 2.36. The Morgan fingerprint density at radius 2 is 0.269 bits per heavy atom. The molecule has 0 N–H and O–H groups in total. The second-order valence-corrected chi connectivity index (χ2v) is 20.8. The topological polar surface area (TPSA) is 0 Å². The van der Waals surface area contributed by atoms with E-state index in [2.05, 4.69) is 303 Å². The second kappa shape index (κ2) is 18.9. The Bertz CT molecular complexity index is 4390. The molecule has 0 saturated carbocycles. The van der Waals surface area contributed by atoms with E-state index in [0.29, 0.717) is 0 Å². The van der Waals surface area contributed by atoms with E-state index in [1.807, 2.05) is 0 Å². The first-order valence-corrected chi connectivity index (χ1v) is 27.0. The summed E-state index contributed by atoms with van der Waals surface area (Å²) in [6, 6.07) is 112. The lowest BCUT2D eigenvalue weighted by Crippen LogP contribution is -1.89. The zero-order chi connectivity index (χ0) is 51.5. The van der Waals surface area contributed by atoms with Crippen LogP contribution in [0.25, 0.3) is 154 Å². The molecule has 15 aromatic carbocycles.